The van der Waals surface area contributed by atoms with Crippen LogP contribution in [0.4, 0.5) is 0 Å². The number of hydrogen-bond acceptors (Lipinski definition) is 4. The molecule has 3 N–H and O–H groups in total. The van der Waals surface area contributed by atoms with Gasteiger partial charge in [0.1, 0.15) is 5.65 Å². The lowest BCUT2D eigenvalue weighted by atomic mass is 9.79. The minimum atomic E-state index is 0.338. The van der Waals surface area contributed by atoms with Gasteiger partial charge in [-0.3, -0.25) is 0 Å². The third kappa shape index (κ3) is 1.88. The molecular formula is C17H16N6. The van der Waals surface area contributed by atoms with Crippen molar-refractivity contribution in [3.63, 3.8) is 0 Å². The maximum absolute atomic E-state index is 5.92. The Kier molecular flexibility index (Phi) is 2.57. The van der Waals surface area contributed by atoms with Crippen LogP contribution < -0.4 is 5.73 Å². The Morgan fingerprint density at radius 3 is 2.91 bits per heavy atom. The predicted molar refractivity (Wildman–Crippen MR) is 88.0 cm³/mol. The highest BCUT2D eigenvalue weighted by atomic mass is 15.4. The second-order valence-corrected chi connectivity index (χ2v) is 6.23. The third-order valence-electron chi connectivity index (χ3n) is 4.76. The molecule has 0 radical (unpaired) electrons. The van der Waals surface area contributed by atoms with E-state index in [1.54, 1.807) is 10.8 Å². The predicted octanol–water partition coefficient (Wildman–Crippen LogP) is 2.48. The van der Waals surface area contributed by atoms with Crippen LogP contribution in [-0.2, 0) is 0 Å². The van der Waals surface area contributed by atoms with E-state index < -0.39 is 0 Å². The van der Waals surface area contributed by atoms with Crippen molar-refractivity contribution in [2.45, 2.75) is 24.8 Å². The van der Waals surface area contributed by atoms with Gasteiger partial charge >= 0.3 is 0 Å². The molecule has 4 heterocycles. The molecule has 23 heavy (non-hydrogen) atoms. The molecule has 5 rings (SSSR count). The SMILES string of the molecule is N[C@H]1C[C@@H](c2cc3c(-c4cnn5ncccc45)ccnc3[nH]2)C1. The zero-order valence-electron chi connectivity index (χ0n) is 12.5. The lowest BCUT2D eigenvalue weighted by Crippen LogP contribution is -2.34. The molecule has 0 aromatic carbocycles. The first kappa shape index (κ1) is 12.8. The highest BCUT2D eigenvalue weighted by Gasteiger charge is 2.29. The summed E-state index contributed by atoms with van der Waals surface area (Å²) in [5.74, 6) is 0.526. The zero-order chi connectivity index (χ0) is 15.4. The molecule has 6 heteroatoms. The summed E-state index contributed by atoms with van der Waals surface area (Å²) in [4.78, 5) is 7.94. The summed E-state index contributed by atoms with van der Waals surface area (Å²) in [6.45, 7) is 0. The largest absolute Gasteiger partial charge is 0.343 e. The number of rotatable bonds is 2. The van der Waals surface area contributed by atoms with E-state index >= 15 is 0 Å². The van der Waals surface area contributed by atoms with Crippen molar-refractivity contribution in [3.05, 3.63) is 48.5 Å². The zero-order valence-corrected chi connectivity index (χ0v) is 12.5. The van der Waals surface area contributed by atoms with Gasteiger partial charge < -0.3 is 10.7 Å². The molecule has 0 amide bonds. The van der Waals surface area contributed by atoms with E-state index in [1.165, 1.54) is 5.69 Å². The minimum Gasteiger partial charge on any atom is -0.343 e. The van der Waals surface area contributed by atoms with E-state index in [1.807, 2.05) is 30.6 Å². The molecule has 114 valence electrons. The molecule has 1 fully saturated rings. The first-order valence-electron chi connectivity index (χ1n) is 7.82. The Bertz CT molecular complexity index is 1010. The summed E-state index contributed by atoms with van der Waals surface area (Å²) in [7, 11) is 0. The van der Waals surface area contributed by atoms with Crippen LogP contribution in [0.2, 0.25) is 0 Å². The fourth-order valence-corrected chi connectivity index (χ4v) is 3.46. The molecule has 0 unspecified atom stereocenters. The summed E-state index contributed by atoms with van der Waals surface area (Å²) in [6, 6.07) is 8.55. The maximum atomic E-state index is 5.92. The van der Waals surface area contributed by atoms with Crippen LogP contribution in [0.1, 0.15) is 24.5 Å². The Morgan fingerprint density at radius 2 is 2.04 bits per heavy atom. The first-order valence-corrected chi connectivity index (χ1v) is 7.82. The molecule has 0 atom stereocenters. The van der Waals surface area contributed by atoms with Gasteiger partial charge in [0.15, 0.2) is 0 Å². The maximum Gasteiger partial charge on any atom is 0.138 e. The minimum absolute atomic E-state index is 0.338. The van der Waals surface area contributed by atoms with Gasteiger partial charge in [0.05, 0.1) is 11.7 Å². The normalized spacial score (nSPS) is 20.9. The number of pyridine rings is 1. The smallest absolute Gasteiger partial charge is 0.138 e. The van der Waals surface area contributed by atoms with Crippen LogP contribution in [0.5, 0.6) is 0 Å². The van der Waals surface area contributed by atoms with Crippen molar-refractivity contribution in [2.24, 2.45) is 5.73 Å². The van der Waals surface area contributed by atoms with Crippen LogP contribution >= 0.6 is 0 Å². The topological polar surface area (TPSA) is 84.9 Å². The second-order valence-electron chi connectivity index (χ2n) is 6.23. The molecule has 1 aliphatic rings. The van der Waals surface area contributed by atoms with Gasteiger partial charge in [-0.05, 0) is 42.7 Å². The third-order valence-corrected chi connectivity index (χ3v) is 4.76. The number of nitrogens with one attached hydrogen (secondary N) is 1. The Morgan fingerprint density at radius 1 is 1.13 bits per heavy atom. The van der Waals surface area contributed by atoms with Crippen molar-refractivity contribution in [1.29, 1.82) is 0 Å². The molecule has 0 bridgehead atoms. The average Bonchev–Trinajstić information content (AvgIpc) is 3.15. The average molecular weight is 304 g/mol. The van der Waals surface area contributed by atoms with Gasteiger partial charge in [0, 0.05) is 41.0 Å². The van der Waals surface area contributed by atoms with Crippen molar-refractivity contribution >= 4 is 16.6 Å². The molecule has 1 saturated carbocycles. The van der Waals surface area contributed by atoms with E-state index in [2.05, 4.69) is 26.2 Å². The molecular weight excluding hydrogens is 288 g/mol. The summed E-state index contributed by atoms with van der Waals surface area (Å²) in [6.07, 6.45) is 7.53. The van der Waals surface area contributed by atoms with Crippen molar-refractivity contribution in [2.75, 3.05) is 0 Å². The van der Waals surface area contributed by atoms with Gasteiger partial charge in [-0.25, -0.2) is 4.98 Å². The number of fused-ring (bicyclic) bond motifs is 2. The van der Waals surface area contributed by atoms with Crippen molar-refractivity contribution in [3.8, 4) is 11.1 Å². The molecule has 0 saturated heterocycles. The lowest BCUT2D eigenvalue weighted by Gasteiger charge is -2.31. The van der Waals surface area contributed by atoms with E-state index in [4.69, 9.17) is 5.73 Å². The fourth-order valence-electron chi connectivity index (χ4n) is 3.46. The monoisotopic (exact) mass is 304 g/mol. The lowest BCUT2D eigenvalue weighted by molar-refractivity contribution is 0.346. The van der Waals surface area contributed by atoms with Crippen LogP contribution in [-0.4, -0.2) is 30.8 Å². The number of nitrogens with zero attached hydrogens (tertiary/aromatic N) is 4. The van der Waals surface area contributed by atoms with Crippen molar-refractivity contribution in [1.82, 2.24) is 24.8 Å². The molecule has 0 aliphatic heterocycles. The van der Waals surface area contributed by atoms with E-state index in [9.17, 15) is 0 Å². The Labute approximate surface area is 132 Å². The molecule has 1 aliphatic carbocycles. The quantitative estimate of drug-likeness (QED) is 0.596. The standard InChI is InChI=1S/C17H16N6/c18-11-6-10(7-11)15-8-13-12(3-5-19-17(13)22-15)14-9-21-23-16(14)2-1-4-20-23/h1-5,8-11H,6-7,18H2,(H,19,22)/t10-,11+. The number of nitrogens with two attached hydrogens (primary N) is 1. The van der Waals surface area contributed by atoms with Crippen LogP contribution in [0, 0.1) is 0 Å². The van der Waals surface area contributed by atoms with E-state index in [0.717, 1.165) is 40.5 Å². The van der Waals surface area contributed by atoms with Gasteiger partial charge in [0.2, 0.25) is 0 Å². The van der Waals surface area contributed by atoms with Gasteiger partial charge in [0.25, 0.3) is 0 Å². The van der Waals surface area contributed by atoms with Crippen LogP contribution in [0.15, 0.2) is 42.9 Å². The van der Waals surface area contributed by atoms with Gasteiger partial charge in [-0.1, -0.05) is 0 Å². The number of hydrogen-bond donors (Lipinski definition) is 2. The van der Waals surface area contributed by atoms with Gasteiger partial charge in [-0.15, -0.1) is 0 Å². The molecule has 4 aromatic rings. The molecule has 4 aromatic heterocycles. The summed E-state index contributed by atoms with van der Waals surface area (Å²) in [5.41, 5.74) is 11.3. The summed E-state index contributed by atoms with van der Waals surface area (Å²) in [5, 5.41) is 9.71. The van der Waals surface area contributed by atoms with E-state index in [0.29, 0.717) is 12.0 Å². The Hall–Kier alpha value is -2.73. The number of aromatic amines is 1. The highest BCUT2D eigenvalue weighted by Crippen LogP contribution is 2.38. The number of aromatic nitrogens is 5. The first-order chi connectivity index (χ1) is 11.3. The molecule has 6 nitrogen and oxygen atoms in total. The van der Waals surface area contributed by atoms with Crippen LogP contribution in [0.3, 0.4) is 0 Å². The highest BCUT2D eigenvalue weighted by molar-refractivity contribution is 5.97. The summed E-state index contributed by atoms with van der Waals surface area (Å²) < 4.78 is 1.65. The Balaban J connectivity index is 1.69. The van der Waals surface area contributed by atoms with Crippen LogP contribution in [0.25, 0.3) is 27.7 Å². The van der Waals surface area contributed by atoms with E-state index in [-0.39, 0.29) is 0 Å². The van der Waals surface area contributed by atoms with Gasteiger partial charge in [-0.2, -0.15) is 14.8 Å². The molecule has 0 spiro atoms. The summed E-state index contributed by atoms with van der Waals surface area (Å²) >= 11 is 0. The van der Waals surface area contributed by atoms with Crippen molar-refractivity contribution < 1.29 is 0 Å². The number of H-pyrrole nitrogens is 1. The fraction of sp³-hybridized carbons (Fsp3) is 0.235. The second kappa shape index (κ2) is 4.63.